The maximum Gasteiger partial charge on any atom is 0.315 e. The zero-order valence-electron chi connectivity index (χ0n) is 29.2. The van der Waals surface area contributed by atoms with Gasteiger partial charge in [-0.15, -0.1) is 0 Å². The second kappa shape index (κ2) is 17.9. The quantitative estimate of drug-likeness (QED) is 0.176. The fourth-order valence-electron chi connectivity index (χ4n) is 6.11. The second-order valence-corrected chi connectivity index (χ2v) is 12.1. The van der Waals surface area contributed by atoms with Crippen LogP contribution >= 0.6 is 0 Å². The Morgan fingerprint density at radius 2 is 1.20 bits per heavy atom. The monoisotopic (exact) mass is 654 g/mol. The zero-order valence-corrected chi connectivity index (χ0v) is 29.2. The van der Waals surface area contributed by atoms with Gasteiger partial charge in [-0.3, -0.25) is 0 Å². The summed E-state index contributed by atoms with van der Waals surface area (Å²) in [6.45, 7) is 2.95. The normalized spacial score (nSPS) is 23.9. The molecule has 1 fully saturated rings. The summed E-state index contributed by atoms with van der Waals surface area (Å²) < 4.78 is 66.6. The molecule has 1 aromatic carbocycles. The minimum Gasteiger partial charge on any atom is -0.437 e. The van der Waals surface area contributed by atoms with Crippen molar-refractivity contribution in [3.8, 4) is 11.5 Å². The molecule has 262 valence electrons. The van der Waals surface area contributed by atoms with E-state index in [2.05, 4.69) is 32.1 Å². The topological polar surface area (TPSA) is 111 Å². The van der Waals surface area contributed by atoms with E-state index >= 15 is 0 Å². The average Bonchev–Trinajstić information content (AvgIpc) is 3.08. The van der Waals surface area contributed by atoms with Crippen LogP contribution in [0.15, 0.2) is 42.0 Å². The minimum atomic E-state index is -0.908. The molecule has 3 rings (SSSR count). The fraction of sp³-hybridized carbons (Fsp3) is 0.706. The summed E-state index contributed by atoms with van der Waals surface area (Å²) in [4.78, 5) is 0. The number of benzene rings is 1. The Morgan fingerprint density at radius 1 is 0.674 bits per heavy atom. The summed E-state index contributed by atoms with van der Waals surface area (Å²) in [6, 6.07) is 5.92. The molecule has 0 amide bonds. The summed E-state index contributed by atoms with van der Waals surface area (Å²) in [5.74, 6) is 1.71. The minimum absolute atomic E-state index is 0.159. The van der Waals surface area contributed by atoms with Gasteiger partial charge in [0.15, 0.2) is 11.5 Å². The Hall–Kier alpha value is -2.10. The van der Waals surface area contributed by atoms with Crippen molar-refractivity contribution in [3.63, 3.8) is 0 Å². The van der Waals surface area contributed by atoms with Crippen LogP contribution in [0.4, 0.5) is 0 Å². The lowest BCUT2D eigenvalue weighted by atomic mass is 9.64. The molecule has 12 heteroatoms. The van der Waals surface area contributed by atoms with E-state index < -0.39 is 37.6 Å². The molecule has 12 nitrogen and oxygen atoms in total. The van der Waals surface area contributed by atoms with Crippen molar-refractivity contribution in [1.82, 2.24) is 0 Å². The van der Waals surface area contributed by atoms with Gasteiger partial charge in [-0.25, -0.2) is 0 Å². The van der Waals surface area contributed by atoms with Crippen molar-refractivity contribution in [1.29, 1.82) is 0 Å². The van der Waals surface area contributed by atoms with E-state index in [1.807, 2.05) is 25.1 Å². The van der Waals surface area contributed by atoms with Crippen LogP contribution in [-0.4, -0.2) is 94.5 Å². The van der Waals surface area contributed by atoms with Crippen molar-refractivity contribution in [3.05, 3.63) is 47.6 Å². The molecule has 2 unspecified atom stereocenters. The van der Waals surface area contributed by atoms with Crippen LogP contribution in [0.1, 0.15) is 52.0 Å². The lowest BCUT2D eigenvalue weighted by Gasteiger charge is -2.42. The van der Waals surface area contributed by atoms with Gasteiger partial charge in [0.2, 0.25) is 0 Å². The van der Waals surface area contributed by atoms with Gasteiger partial charge in [-0.1, -0.05) is 26.0 Å². The number of hydrogen-bond donors (Lipinski definition) is 0. The van der Waals surface area contributed by atoms with Crippen LogP contribution in [0.5, 0.6) is 11.5 Å². The van der Waals surface area contributed by atoms with Gasteiger partial charge in [-0.2, -0.15) is 0 Å². The molecule has 0 N–H and O–H groups in total. The number of allylic oxidation sites excluding steroid dienone is 2. The van der Waals surface area contributed by atoms with Crippen molar-refractivity contribution in [2.75, 3.05) is 56.9 Å². The Labute approximate surface area is 274 Å². The average molecular weight is 655 g/mol. The van der Waals surface area contributed by atoms with Gasteiger partial charge in [0.05, 0.1) is 0 Å². The van der Waals surface area contributed by atoms with E-state index in [1.54, 1.807) is 0 Å². The third kappa shape index (κ3) is 9.50. The molecule has 0 bridgehead atoms. The number of rotatable bonds is 19. The van der Waals surface area contributed by atoms with Gasteiger partial charge in [0.1, 0.15) is 11.7 Å². The molecule has 0 radical (unpaired) electrons. The maximum atomic E-state index is 6.19. The van der Waals surface area contributed by atoms with Crippen molar-refractivity contribution >= 4 is 0 Å². The molecule has 0 aromatic heterocycles. The van der Waals surface area contributed by atoms with E-state index in [4.69, 9.17) is 56.8 Å². The second-order valence-electron chi connectivity index (χ2n) is 12.1. The van der Waals surface area contributed by atoms with Gasteiger partial charge < -0.3 is 56.8 Å². The first-order chi connectivity index (χ1) is 22.0. The molecule has 0 heterocycles. The van der Waals surface area contributed by atoms with E-state index in [9.17, 15) is 0 Å². The van der Waals surface area contributed by atoms with Crippen LogP contribution in [-0.2, 0) is 52.8 Å². The fourth-order valence-corrected chi connectivity index (χ4v) is 6.11. The predicted octanol–water partition coefficient (Wildman–Crippen LogP) is 5.49. The molecular formula is C34H54O12. The maximum absolute atomic E-state index is 6.19. The highest BCUT2D eigenvalue weighted by Crippen LogP contribution is 2.47. The van der Waals surface area contributed by atoms with Gasteiger partial charge in [0.25, 0.3) is 13.0 Å². The highest BCUT2D eigenvalue weighted by molar-refractivity contribution is 5.45. The standard InChI is InChI=1S/C34H54O12/c1-33(2,25-16-17-26(43-29(35-4)36-5)27(21-25)44-30(37-6)38-7)24-14-12-22(13-15-24)23-18-19-34(3,46-32(41-10)42-11)28(20-23)45-31(39-8)40-9/h16-22,24,28-32H,12-15H2,1-11H3. The lowest BCUT2D eigenvalue weighted by molar-refractivity contribution is -0.337. The molecule has 2 aliphatic carbocycles. The zero-order chi connectivity index (χ0) is 33.9. The van der Waals surface area contributed by atoms with Crippen molar-refractivity contribution in [2.24, 2.45) is 11.8 Å². The lowest BCUT2D eigenvalue weighted by Crippen LogP contribution is -2.48. The number of hydrogen-bond acceptors (Lipinski definition) is 12. The summed E-state index contributed by atoms with van der Waals surface area (Å²) in [6.07, 6.45) is 9.87. The first-order valence-electron chi connectivity index (χ1n) is 15.5. The molecule has 1 aromatic rings. The highest BCUT2D eigenvalue weighted by Gasteiger charge is 2.41. The van der Waals surface area contributed by atoms with Crippen molar-refractivity contribution in [2.45, 2.75) is 89.5 Å². The summed E-state index contributed by atoms with van der Waals surface area (Å²) >= 11 is 0. The van der Waals surface area contributed by atoms with Gasteiger partial charge >= 0.3 is 13.0 Å². The van der Waals surface area contributed by atoms with Crippen LogP contribution in [0.2, 0.25) is 0 Å². The SMILES string of the molecule is COC(OC)Oc1ccc(C(C)(C)C2CCC(C3=CC(OC(OC)OC)C(C)(OC(OC)OC)C=C3)CC2)cc1OC(OC)OC. The molecule has 2 atom stereocenters. The van der Waals surface area contributed by atoms with Crippen LogP contribution in [0.25, 0.3) is 0 Å². The predicted molar refractivity (Wildman–Crippen MR) is 169 cm³/mol. The van der Waals surface area contributed by atoms with E-state index in [-0.39, 0.29) is 5.41 Å². The Kier molecular flexibility index (Phi) is 14.9. The smallest absolute Gasteiger partial charge is 0.315 e. The first kappa shape index (κ1) is 38.3. The Bertz CT molecular complexity index is 1100. The largest absolute Gasteiger partial charge is 0.437 e. The molecule has 2 aliphatic rings. The molecule has 46 heavy (non-hydrogen) atoms. The molecule has 1 saturated carbocycles. The van der Waals surface area contributed by atoms with Crippen molar-refractivity contribution < 1.29 is 56.8 Å². The molecule has 0 saturated heterocycles. The Morgan fingerprint density at radius 3 is 1.72 bits per heavy atom. The first-order valence-corrected chi connectivity index (χ1v) is 15.5. The third-order valence-corrected chi connectivity index (χ3v) is 9.02. The van der Waals surface area contributed by atoms with Crippen LogP contribution < -0.4 is 9.47 Å². The summed E-state index contributed by atoms with van der Waals surface area (Å²) in [5, 5.41) is 0. The third-order valence-electron chi connectivity index (χ3n) is 9.02. The molecule has 0 aliphatic heterocycles. The van der Waals surface area contributed by atoms with Gasteiger partial charge in [-0.05, 0) is 85.3 Å². The number of ether oxygens (including phenoxy) is 12. The summed E-state index contributed by atoms with van der Waals surface area (Å²) in [5.41, 5.74) is 1.28. The van der Waals surface area contributed by atoms with Crippen LogP contribution in [0.3, 0.4) is 0 Å². The Balaban J connectivity index is 1.79. The molecule has 0 spiro atoms. The highest BCUT2D eigenvalue weighted by atomic mass is 16.9. The van der Waals surface area contributed by atoms with Gasteiger partial charge in [0, 0.05) is 56.9 Å². The van der Waals surface area contributed by atoms with E-state index in [0.29, 0.717) is 23.3 Å². The van der Waals surface area contributed by atoms with E-state index in [0.717, 1.165) is 31.2 Å². The summed E-state index contributed by atoms with van der Waals surface area (Å²) in [7, 11) is 12.1. The van der Waals surface area contributed by atoms with E-state index in [1.165, 1.54) is 62.5 Å². The number of methoxy groups -OCH3 is 8. The molecular weight excluding hydrogens is 600 g/mol. The van der Waals surface area contributed by atoms with Crippen LogP contribution in [0, 0.1) is 11.8 Å².